The molecule has 0 fully saturated rings. The summed E-state index contributed by atoms with van der Waals surface area (Å²) in [5.74, 6) is 0.904. The highest BCUT2D eigenvalue weighted by atomic mass is 79.9. The molecule has 116 valence electrons. The van der Waals surface area contributed by atoms with Gasteiger partial charge in [0.25, 0.3) is 0 Å². The van der Waals surface area contributed by atoms with E-state index >= 15 is 0 Å². The highest BCUT2D eigenvalue weighted by molar-refractivity contribution is 9.10. The number of benzene rings is 2. The number of hydrogen-bond donors (Lipinski definition) is 1. The zero-order valence-electron chi connectivity index (χ0n) is 12.6. The molecule has 1 N–H and O–H groups in total. The SMILES string of the molecule is CCc1ccccc1OCCNC(=O)Cc1ccc(Br)cc1. The zero-order chi connectivity index (χ0) is 15.8. The number of carbonyl (C=O) groups excluding carboxylic acids is 1. The zero-order valence-corrected chi connectivity index (χ0v) is 14.2. The molecule has 22 heavy (non-hydrogen) atoms. The number of halogens is 1. The van der Waals surface area contributed by atoms with E-state index in [-0.39, 0.29) is 5.91 Å². The first-order valence-electron chi connectivity index (χ1n) is 7.41. The van der Waals surface area contributed by atoms with E-state index in [1.165, 1.54) is 5.56 Å². The molecule has 1 amide bonds. The van der Waals surface area contributed by atoms with Crippen LogP contribution in [-0.2, 0) is 17.6 Å². The van der Waals surface area contributed by atoms with Crippen molar-refractivity contribution in [1.29, 1.82) is 0 Å². The monoisotopic (exact) mass is 361 g/mol. The molecule has 2 aromatic carbocycles. The van der Waals surface area contributed by atoms with Gasteiger partial charge in [-0.25, -0.2) is 0 Å². The van der Waals surface area contributed by atoms with E-state index < -0.39 is 0 Å². The van der Waals surface area contributed by atoms with Gasteiger partial charge in [0.2, 0.25) is 5.91 Å². The largest absolute Gasteiger partial charge is 0.491 e. The number of hydrogen-bond acceptors (Lipinski definition) is 2. The van der Waals surface area contributed by atoms with Gasteiger partial charge in [0.05, 0.1) is 13.0 Å². The Labute approximate surface area is 139 Å². The summed E-state index contributed by atoms with van der Waals surface area (Å²) in [6.45, 7) is 3.08. The standard InChI is InChI=1S/C18H20BrNO2/c1-2-15-5-3-4-6-17(15)22-12-11-20-18(21)13-14-7-9-16(19)10-8-14/h3-10H,2,11-13H2,1H3,(H,20,21). The van der Waals surface area contributed by atoms with Crippen LogP contribution in [-0.4, -0.2) is 19.1 Å². The normalized spacial score (nSPS) is 10.3. The highest BCUT2D eigenvalue weighted by Gasteiger charge is 2.04. The number of para-hydroxylation sites is 1. The number of nitrogens with one attached hydrogen (secondary N) is 1. The quantitative estimate of drug-likeness (QED) is 0.762. The highest BCUT2D eigenvalue weighted by Crippen LogP contribution is 2.17. The van der Waals surface area contributed by atoms with Crippen LogP contribution in [0.2, 0.25) is 0 Å². The summed E-state index contributed by atoms with van der Waals surface area (Å²) in [4.78, 5) is 11.9. The maximum Gasteiger partial charge on any atom is 0.224 e. The predicted molar refractivity (Wildman–Crippen MR) is 92.2 cm³/mol. The Morgan fingerprint density at radius 3 is 2.59 bits per heavy atom. The third-order valence-corrected chi connectivity index (χ3v) is 3.84. The molecular formula is C18H20BrNO2. The fourth-order valence-electron chi connectivity index (χ4n) is 2.14. The lowest BCUT2D eigenvalue weighted by Crippen LogP contribution is -2.29. The van der Waals surface area contributed by atoms with Crippen molar-refractivity contribution in [3.63, 3.8) is 0 Å². The van der Waals surface area contributed by atoms with E-state index in [0.29, 0.717) is 19.6 Å². The lowest BCUT2D eigenvalue weighted by atomic mass is 10.1. The lowest BCUT2D eigenvalue weighted by Gasteiger charge is -2.11. The summed E-state index contributed by atoms with van der Waals surface area (Å²) in [5.41, 5.74) is 2.18. The second-order valence-electron chi connectivity index (χ2n) is 4.96. The second kappa shape index (κ2) is 8.59. The summed E-state index contributed by atoms with van der Waals surface area (Å²) in [6, 6.07) is 15.7. The molecule has 0 aliphatic heterocycles. The third kappa shape index (κ3) is 5.19. The molecule has 3 nitrogen and oxygen atoms in total. The van der Waals surface area contributed by atoms with Gasteiger partial charge in [0, 0.05) is 4.47 Å². The Balaban J connectivity index is 1.72. The van der Waals surface area contributed by atoms with Gasteiger partial charge in [-0.3, -0.25) is 4.79 Å². The van der Waals surface area contributed by atoms with E-state index in [9.17, 15) is 4.79 Å². The molecule has 0 atom stereocenters. The first kappa shape index (κ1) is 16.6. The molecule has 0 saturated carbocycles. The van der Waals surface area contributed by atoms with E-state index in [2.05, 4.69) is 34.2 Å². The summed E-state index contributed by atoms with van der Waals surface area (Å²) < 4.78 is 6.74. The van der Waals surface area contributed by atoms with E-state index in [1.54, 1.807) is 0 Å². The lowest BCUT2D eigenvalue weighted by molar-refractivity contribution is -0.120. The minimum Gasteiger partial charge on any atom is -0.491 e. The van der Waals surface area contributed by atoms with Gasteiger partial charge >= 0.3 is 0 Å². The fraction of sp³-hybridized carbons (Fsp3) is 0.278. The molecule has 0 saturated heterocycles. The van der Waals surface area contributed by atoms with Crippen molar-refractivity contribution in [3.8, 4) is 5.75 Å². The molecule has 0 aliphatic carbocycles. The van der Waals surface area contributed by atoms with Crippen LogP contribution < -0.4 is 10.1 Å². The van der Waals surface area contributed by atoms with Crippen molar-refractivity contribution in [3.05, 3.63) is 64.1 Å². The summed E-state index contributed by atoms with van der Waals surface area (Å²) in [5, 5.41) is 2.88. The van der Waals surface area contributed by atoms with Gasteiger partial charge < -0.3 is 10.1 Å². The van der Waals surface area contributed by atoms with Crippen molar-refractivity contribution in [2.24, 2.45) is 0 Å². The summed E-state index contributed by atoms with van der Waals surface area (Å²) in [7, 11) is 0. The van der Waals surface area contributed by atoms with Gasteiger partial charge in [-0.1, -0.05) is 53.2 Å². The Morgan fingerprint density at radius 1 is 1.14 bits per heavy atom. The van der Waals surface area contributed by atoms with E-state index in [1.807, 2.05) is 42.5 Å². The molecule has 0 spiro atoms. The molecule has 0 bridgehead atoms. The minimum absolute atomic E-state index is 0.00898. The van der Waals surface area contributed by atoms with Crippen LogP contribution in [0.15, 0.2) is 53.0 Å². The molecule has 2 aromatic rings. The van der Waals surface area contributed by atoms with Crippen LogP contribution >= 0.6 is 15.9 Å². The molecule has 0 radical (unpaired) electrons. The van der Waals surface area contributed by atoms with Crippen LogP contribution in [0.5, 0.6) is 5.75 Å². The Kier molecular flexibility index (Phi) is 6.46. The predicted octanol–water partition coefficient (Wildman–Crippen LogP) is 3.75. The topological polar surface area (TPSA) is 38.3 Å². The molecule has 4 heteroatoms. The van der Waals surface area contributed by atoms with Crippen molar-refractivity contribution in [1.82, 2.24) is 5.32 Å². The van der Waals surface area contributed by atoms with Gasteiger partial charge in [-0.15, -0.1) is 0 Å². The van der Waals surface area contributed by atoms with E-state index in [4.69, 9.17) is 4.74 Å². The summed E-state index contributed by atoms with van der Waals surface area (Å²) in [6.07, 6.45) is 1.32. The maximum atomic E-state index is 11.9. The molecule has 0 aromatic heterocycles. The van der Waals surface area contributed by atoms with Crippen LogP contribution in [0.1, 0.15) is 18.1 Å². The number of carbonyl (C=O) groups is 1. The van der Waals surface area contributed by atoms with Gasteiger partial charge in [-0.05, 0) is 35.7 Å². The van der Waals surface area contributed by atoms with Crippen molar-refractivity contribution < 1.29 is 9.53 Å². The minimum atomic E-state index is 0.00898. The first-order valence-corrected chi connectivity index (χ1v) is 8.20. The molecule has 0 heterocycles. The first-order chi connectivity index (χ1) is 10.7. The molecular weight excluding hydrogens is 342 g/mol. The van der Waals surface area contributed by atoms with Gasteiger partial charge in [0.15, 0.2) is 0 Å². The number of rotatable bonds is 7. The maximum absolute atomic E-state index is 11.9. The number of amides is 1. The van der Waals surface area contributed by atoms with Crippen molar-refractivity contribution >= 4 is 21.8 Å². The Hall–Kier alpha value is -1.81. The van der Waals surface area contributed by atoms with Crippen molar-refractivity contribution in [2.45, 2.75) is 19.8 Å². The Morgan fingerprint density at radius 2 is 1.86 bits per heavy atom. The Bertz CT molecular complexity index is 611. The van der Waals surface area contributed by atoms with Crippen LogP contribution in [0.25, 0.3) is 0 Å². The molecule has 0 unspecified atom stereocenters. The number of ether oxygens (including phenoxy) is 1. The van der Waals surface area contributed by atoms with Crippen LogP contribution in [0.4, 0.5) is 0 Å². The number of aryl methyl sites for hydroxylation is 1. The molecule has 0 aliphatic rings. The summed E-state index contributed by atoms with van der Waals surface area (Å²) >= 11 is 3.38. The third-order valence-electron chi connectivity index (χ3n) is 3.31. The molecule has 2 rings (SSSR count). The van der Waals surface area contributed by atoms with Crippen molar-refractivity contribution in [2.75, 3.05) is 13.2 Å². The van der Waals surface area contributed by atoms with E-state index in [0.717, 1.165) is 22.2 Å². The van der Waals surface area contributed by atoms with Crippen LogP contribution in [0.3, 0.4) is 0 Å². The fourth-order valence-corrected chi connectivity index (χ4v) is 2.40. The second-order valence-corrected chi connectivity index (χ2v) is 5.88. The van der Waals surface area contributed by atoms with Gasteiger partial charge in [-0.2, -0.15) is 0 Å². The van der Waals surface area contributed by atoms with Crippen LogP contribution in [0, 0.1) is 0 Å². The average molecular weight is 362 g/mol. The van der Waals surface area contributed by atoms with Gasteiger partial charge in [0.1, 0.15) is 12.4 Å². The average Bonchev–Trinajstić information content (AvgIpc) is 2.54. The smallest absolute Gasteiger partial charge is 0.224 e.